The van der Waals surface area contributed by atoms with Crippen LogP contribution in [-0.4, -0.2) is 23.0 Å². The van der Waals surface area contributed by atoms with Crippen molar-refractivity contribution >= 4 is 44.8 Å². The number of nitrogens with zero attached hydrogens (tertiary/aromatic N) is 1. The number of halogens is 2. The SMILES string of the molecule is Cc1oc(-c2cccs2)nc1CC(=O)OC(C)C(=O)Nc1ccc(Br)cc1F. The second-order valence-electron chi connectivity index (χ2n) is 5.92. The van der Waals surface area contributed by atoms with E-state index in [0.717, 1.165) is 4.88 Å². The predicted molar refractivity (Wildman–Crippen MR) is 107 cm³/mol. The Balaban J connectivity index is 1.59. The molecular weight excluding hydrogens is 451 g/mol. The minimum Gasteiger partial charge on any atom is -0.452 e. The molecule has 0 radical (unpaired) electrons. The van der Waals surface area contributed by atoms with Gasteiger partial charge < -0.3 is 14.5 Å². The molecule has 0 aliphatic carbocycles. The van der Waals surface area contributed by atoms with Crippen LogP contribution < -0.4 is 5.32 Å². The van der Waals surface area contributed by atoms with E-state index in [-0.39, 0.29) is 12.1 Å². The maximum Gasteiger partial charge on any atom is 0.312 e. The zero-order chi connectivity index (χ0) is 20.3. The lowest BCUT2D eigenvalue weighted by Crippen LogP contribution is -2.30. The fraction of sp³-hybridized carbons (Fsp3) is 0.211. The van der Waals surface area contributed by atoms with Gasteiger partial charge in [-0.15, -0.1) is 11.3 Å². The predicted octanol–water partition coefficient (Wildman–Crippen LogP) is 4.73. The van der Waals surface area contributed by atoms with Crippen LogP contribution in [0, 0.1) is 12.7 Å². The molecule has 0 aliphatic rings. The lowest BCUT2D eigenvalue weighted by Gasteiger charge is -2.13. The number of hydrogen-bond acceptors (Lipinski definition) is 6. The lowest BCUT2D eigenvalue weighted by atomic mass is 10.2. The van der Waals surface area contributed by atoms with Crippen LogP contribution in [-0.2, 0) is 20.7 Å². The minimum absolute atomic E-state index is 0.00374. The van der Waals surface area contributed by atoms with Crippen LogP contribution in [0.15, 0.2) is 44.6 Å². The van der Waals surface area contributed by atoms with Crippen LogP contribution in [0.25, 0.3) is 10.8 Å². The average molecular weight is 467 g/mol. The summed E-state index contributed by atoms with van der Waals surface area (Å²) in [5.74, 6) is -0.916. The third-order valence-corrected chi connectivity index (χ3v) is 5.15. The number of oxazole rings is 1. The number of aromatic nitrogens is 1. The van der Waals surface area contributed by atoms with E-state index in [4.69, 9.17) is 9.15 Å². The highest BCUT2D eigenvalue weighted by Gasteiger charge is 2.22. The molecule has 28 heavy (non-hydrogen) atoms. The Labute approximate surface area is 172 Å². The summed E-state index contributed by atoms with van der Waals surface area (Å²) in [6, 6.07) is 7.98. The number of hydrogen-bond donors (Lipinski definition) is 1. The summed E-state index contributed by atoms with van der Waals surface area (Å²) in [7, 11) is 0. The smallest absolute Gasteiger partial charge is 0.312 e. The van der Waals surface area contributed by atoms with Crippen LogP contribution in [0.4, 0.5) is 10.1 Å². The second-order valence-corrected chi connectivity index (χ2v) is 7.78. The summed E-state index contributed by atoms with van der Waals surface area (Å²) >= 11 is 4.62. The first-order chi connectivity index (χ1) is 13.3. The van der Waals surface area contributed by atoms with E-state index in [1.165, 1.54) is 30.4 Å². The molecule has 6 nitrogen and oxygen atoms in total. The van der Waals surface area contributed by atoms with E-state index in [0.29, 0.717) is 21.8 Å². The number of ether oxygens (including phenoxy) is 1. The van der Waals surface area contributed by atoms with Gasteiger partial charge in [0.2, 0.25) is 5.89 Å². The third-order valence-electron chi connectivity index (χ3n) is 3.80. The van der Waals surface area contributed by atoms with Gasteiger partial charge >= 0.3 is 5.97 Å². The monoisotopic (exact) mass is 466 g/mol. The molecule has 0 fully saturated rings. The number of anilines is 1. The summed E-state index contributed by atoms with van der Waals surface area (Å²) in [6.07, 6.45) is -1.23. The van der Waals surface area contributed by atoms with Gasteiger partial charge in [-0.05, 0) is 43.5 Å². The molecule has 1 amide bonds. The van der Waals surface area contributed by atoms with Crippen LogP contribution in [0.1, 0.15) is 18.4 Å². The number of thiophene rings is 1. The molecule has 0 bridgehead atoms. The van der Waals surface area contributed by atoms with Crippen molar-refractivity contribution in [1.82, 2.24) is 4.98 Å². The first-order valence-electron chi connectivity index (χ1n) is 8.29. The van der Waals surface area contributed by atoms with Crippen LogP contribution >= 0.6 is 27.3 Å². The highest BCUT2D eigenvalue weighted by molar-refractivity contribution is 9.10. The Hall–Kier alpha value is -2.52. The van der Waals surface area contributed by atoms with E-state index >= 15 is 0 Å². The van der Waals surface area contributed by atoms with Gasteiger partial charge in [0.05, 0.1) is 22.7 Å². The van der Waals surface area contributed by atoms with Crippen LogP contribution in [0.3, 0.4) is 0 Å². The number of benzene rings is 1. The van der Waals surface area contributed by atoms with Crippen molar-refractivity contribution in [3.8, 4) is 10.8 Å². The van der Waals surface area contributed by atoms with Gasteiger partial charge in [0.15, 0.2) is 6.10 Å². The summed E-state index contributed by atoms with van der Waals surface area (Å²) < 4.78 is 25.1. The average Bonchev–Trinajstić information content (AvgIpc) is 3.27. The lowest BCUT2D eigenvalue weighted by molar-refractivity contribution is -0.152. The zero-order valence-corrected chi connectivity index (χ0v) is 17.4. The maximum absolute atomic E-state index is 13.8. The van der Waals surface area contributed by atoms with Crippen molar-refractivity contribution in [1.29, 1.82) is 0 Å². The van der Waals surface area contributed by atoms with Crippen molar-refractivity contribution in [2.75, 3.05) is 5.32 Å². The highest BCUT2D eigenvalue weighted by atomic mass is 79.9. The molecule has 0 saturated heterocycles. The Morgan fingerprint density at radius 2 is 2.18 bits per heavy atom. The molecule has 3 rings (SSSR count). The molecule has 2 aromatic heterocycles. The number of carbonyl (C=O) groups is 2. The van der Waals surface area contributed by atoms with Crippen LogP contribution in [0.2, 0.25) is 0 Å². The first kappa shape index (κ1) is 20.2. The van der Waals surface area contributed by atoms with Gasteiger partial charge in [-0.25, -0.2) is 9.37 Å². The zero-order valence-electron chi connectivity index (χ0n) is 15.0. The Morgan fingerprint density at radius 3 is 2.86 bits per heavy atom. The molecule has 0 aliphatic heterocycles. The van der Waals surface area contributed by atoms with Crippen molar-refractivity contribution in [3.05, 3.63) is 57.5 Å². The van der Waals surface area contributed by atoms with Gasteiger partial charge in [0.25, 0.3) is 5.91 Å². The number of esters is 1. The Bertz CT molecular complexity index is 1000. The molecule has 146 valence electrons. The van der Waals surface area contributed by atoms with Crippen LogP contribution in [0.5, 0.6) is 0 Å². The molecular formula is C19H16BrFN2O4S. The quantitative estimate of drug-likeness (QED) is 0.531. The number of amides is 1. The van der Waals surface area contributed by atoms with E-state index in [2.05, 4.69) is 26.2 Å². The summed E-state index contributed by atoms with van der Waals surface area (Å²) in [4.78, 5) is 29.5. The second kappa shape index (κ2) is 8.66. The number of carbonyl (C=O) groups excluding carboxylic acids is 2. The Morgan fingerprint density at radius 1 is 1.39 bits per heavy atom. The number of rotatable bonds is 6. The van der Waals surface area contributed by atoms with Crippen molar-refractivity contribution in [2.24, 2.45) is 0 Å². The molecule has 1 atom stereocenters. The molecule has 2 heterocycles. The van der Waals surface area contributed by atoms with Gasteiger partial charge in [-0.3, -0.25) is 9.59 Å². The fourth-order valence-corrected chi connectivity index (χ4v) is 3.33. The van der Waals surface area contributed by atoms with E-state index in [9.17, 15) is 14.0 Å². The topological polar surface area (TPSA) is 81.4 Å². The molecule has 1 N–H and O–H groups in total. The van der Waals surface area contributed by atoms with E-state index in [1.54, 1.807) is 13.0 Å². The van der Waals surface area contributed by atoms with Gasteiger partial charge in [-0.1, -0.05) is 22.0 Å². The normalized spacial score (nSPS) is 11.9. The largest absolute Gasteiger partial charge is 0.452 e. The summed E-state index contributed by atoms with van der Waals surface area (Å²) in [5, 5.41) is 4.30. The van der Waals surface area contributed by atoms with Gasteiger partial charge in [-0.2, -0.15) is 0 Å². The fourth-order valence-electron chi connectivity index (χ4n) is 2.35. The van der Waals surface area contributed by atoms with E-state index < -0.39 is 23.8 Å². The summed E-state index contributed by atoms with van der Waals surface area (Å²) in [5.41, 5.74) is 0.448. The van der Waals surface area contributed by atoms with Crippen molar-refractivity contribution in [3.63, 3.8) is 0 Å². The van der Waals surface area contributed by atoms with Gasteiger partial charge in [0, 0.05) is 4.47 Å². The molecule has 0 spiro atoms. The molecule has 1 unspecified atom stereocenters. The molecule has 9 heteroatoms. The summed E-state index contributed by atoms with van der Waals surface area (Å²) in [6.45, 7) is 3.12. The van der Waals surface area contributed by atoms with E-state index in [1.807, 2.05) is 17.5 Å². The molecule has 0 saturated carbocycles. The maximum atomic E-state index is 13.8. The van der Waals surface area contributed by atoms with Crippen molar-refractivity contribution < 1.29 is 23.1 Å². The number of nitrogens with one attached hydrogen (secondary N) is 1. The first-order valence-corrected chi connectivity index (χ1v) is 9.96. The minimum atomic E-state index is -1.10. The van der Waals surface area contributed by atoms with Crippen molar-refractivity contribution in [2.45, 2.75) is 26.4 Å². The van der Waals surface area contributed by atoms with Gasteiger partial charge in [0.1, 0.15) is 11.6 Å². The molecule has 1 aromatic carbocycles. The molecule has 3 aromatic rings. The third kappa shape index (κ3) is 4.85. The highest BCUT2D eigenvalue weighted by Crippen LogP contribution is 2.26. The Kier molecular flexibility index (Phi) is 6.25. The standard InChI is InChI=1S/C19H16BrFN2O4S/c1-10-15(23-19(27-10)16-4-3-7-28-16)9-17(24)26-11(2)18(25)22-14-6-5-12(20)8-13(14)21/h3-8,11H,9H2,1-2H3,(H,22,25). The number of aryl methyl sites for hydroxylation is 1.